The van der Waals surface area contributed by atoms with Crippen molar-refractivity contribution in [2.24, 2.45) is 0 Å². The minimum absolute atomic E-state index is 0.568. The summed E-state index contributed by atoms with van der Waals surface area (Å²) >= 11 is 4.13. The van der Waals surface area contributed by atoms with E-state index in [4.69, 9.17) is 5.26 Å². The number of nitrogens with zero attached hydrogens (tertiary/aromatic N) is 3. The molecule has 1 aromatic rings. The Morgan fingerprint density at radius 3 is 2.58 bits per heavy atom. The van der Waals surface area contributed by atoms with Crippen LogP contribution >= 0.6 is 12.6 Å². The zero-order valence-corrected chi connectivity index (χ0v) is 7.84. The average Bonchev–Trinajstić information content (AvgIpc) is 2.03. The number of pyridine rings is 1. The Hall–Kier alpha value is -1.21. The number of nitriles is 1. The van der Waals surface area contributed by atoms with Crippen molar-refractivity contribution in [1.82, 2.24) is 4.98 Å². The number of rotatable bonds is 1. The molecule has 0 aliphatic rings. The number of thiol groups is 1. The maximum Gasteiger partial charge on any atom is 0.103 e. The number of aromatic nitrogens is 1. The van der Waals surface area contributed by atoms with Gasteiger partial charge in [0.2, 0.25) is 0 Å². The molecule has 0 aromatic carbocycles. The fraction of sp³-hybridized carbons (Fsp3) is 0.250. The summed E-state index contributed by atoms with van der Waals surface area (Å²) in [6, 6.07) is 2.09. The van der Waals surface area contributed by atoms with Gasteiger partial charge in [0.25, 0.3) is 0 Å². The molecule has 12 heavy (non-hydrogen) atoms. The molecule has 1 rings (SSSR count). The smallest absolute Gasteiger partial charge is 0.103 e. The summed E-state index contributed by atoms with van der Waals surface area (Å²) in [6.07, 6.45) is 3.22. The largest absolute Gasteiger partial charge is 0.375 e. The number of hydrogen-bond donors (Lipinski definition) is 1. The molecule has 62 valence electrons. The summed E-state index contributed by atoms with van der Waals surface area (Å²) in [6.45, 7) is 0. The maximum atomic E-state index is 8.79. The van der Waals surface area contributed by atoms with Crippen LogP contribution in [0.3, 0.4) is 0 Å². The van der Waals surface area contributed by atoms with Crippen molar-refractivity contribution < 1.29 is 0 Å². The normalized spacial score (nSPS) is 9.17. The number of hydrogen-bond acceptors (Lipinski definition) is 4. The summed E-state index contributed by atoms with van der Waals surface area (Å²) in [5.74, 6) is 0. The van der Waals surface area contributed by atoms with Gasteiger partial charge in [0, 0.05) is 25.2 Å². The van der Waals surface area contributed by atoms with Crippen LogP contribution in [0.2, 0.25) is 0 Å². The monoisotopic (exact) mass is 179 g/mol. The van der Waals surface area contributed by atoms with Crippen LogP contribution in [0.15, 0.2) is 17.3 Å². The minimum Gasteiger partial charge on any atom is -0.375 e. The van der Waals surface area contributed by atoms with Gasteiger partial charge in [-0.15, -0.1) is 12.6 Å². The Morgan fingerprint density at radius 2 is 2.17 bits per heavy atom. The van der Waals surface area contributed by atoms with Crippen LogP contribution in [0.5, 0.6) is 0 Å². The van der Waals surface area contributed by atoms with Gasteiger partial charge in [-0.2, -0.15) is 5.26 Å². The van der Waals surface area contributed by atoms with Gasteiger partial charge < -0.3 is 4.90 Å². The Balaban J connectivity index is 3.30. The molecule has 0 spiro atoms. The van der Waals surface area contributed by atoms with E-state index in [1.54, 1.807) is 12.4 Å². The number of anilines is 1. The first kappa shape index (κ1) is 8.88. The molecule has 0 unspecified atom stereocenters. The Bertz CT molecular complexity index is 328. The first-order chi connectivity index (χ1) is 5.66. The van der Waals surface area contributed by atoms with Gasteiger partial charge in [0.1, 0.15) is 6.07 Å². The highest BCUT2D eigenvalue weighted by molar-refractivity contribution is 7.80. The summed E-state index contributed by atoms with van der Waals surface area (Å²) in [5, 5.41) is 8.79. The molecule has 0 N–H and O–H groups in total. The van der Waals surface area contributed by atoms with Crippen LogP contribution in [0.4, 0.5) is 5.69 Å². The molecule has 0 bridgehead atoms. The maximum absolute atomic E-state index is 8.79. The second-order valence-electron chi connectivity index (χ2n) is 2.56. The summed E-state index contributed by atoms with van der Waals surface area (Å²) in [4.78, 5) is 6.40. The van der Waals surface area contributed by atoms with E-state index in [-0.39, 0.29) is 0 Å². The Kier molecular flexibility index (Phi) is 2.56. The fourth-order valence-corrected chi connectivity index (χ4v) is 1.12. The Labute approximate surface area is 77.1 Å². The molecule has 3 nitrogen and oxygen atoms in total. The van der Waals surface area contributed by atoms with E-state index in [0.29, 0.717) is 10.5 Å². The van der Waals surface area contributed by atoms with E-state index in [0.717, 1.165) is 5.69 Å². The van der Waals surface area contributed by atoms with Crippen LogP contribution in [0.1, 0.15) is 5.56 Å². The molecule has 0 saturated heterocycles. The topological polar surface area (TPSA) is 39.9 Å². The fourth-order valence-electron chi connectivity index (χ4n) is 0.892. The standard InChI is InChI=1S/C8H9N3S/c1-11(2)7-4-10-5-8(12)6(7)3-9/h4-5,12H,1-2H3. The zero-order valence-electron chi connectivity index (χ0n) is 6.94. The lowest BCUT2D eigenvalue weighted by molar-refractivity contribution is 1.08. The van der Waals surface area contributed by atoms with E-state index < -0.39 is 0 Å². The third-order valence-electron chi connectivity index (χ3n) is 1.50. The van der Waals surface area contributed by atoms with Crippen LogP contribution in [0.25, 0.3) is 0 Å². The molecule has 4 heteroatoms. The van der Waals surface area contributed by atoms with Crippen molar-refractivity contribution in [3.05, 3.63) is 18.0 Å². The highest BCUT2D eigenvalue weighted by Gasteiger charge is 2.06. The first-order valence-electron chi connectivity index (χ1n) is 3.41. The predicted octanol–water partition coefficient (Wildman–Crippen LogP) is 1.31. The van der Waals surface area contributed by atoms with Crippen molar-refractivity contribution >= 4 is 18.3 Å². The van der Waals surface area contributed by atoms with E-state index in [2.05, 4.69) is 23.7 Å². The van der Waals surface area contributed by atoms with Gasteiger partial charge >= 0.3 is 0 Å². The van der Waals surface area contributed by atoms with E-state index >= 15 is 0 Å². The van der Waals surface area contributed by atoms with E-state index in [1.807, 2.05) is 19.0 Å². The van der Waals surface area contributed by atoms with Gasteiger partial charge in [-0.05, 0) is 0 Å². The van der Waals surface area contributed by atoms with Gasteiger partial charge in [-0.25, -0.2) is 0 Å². The Morgan fingerprint density at radius 1 is 1.50 bits per heavy atom. The van der Waals surface area contributed by atoms with E-state index in [1.165, 1.54) is 0 Å². The second kappa shape index (κ2) is 3.46. The SMILES string of the molecule is CN(C)c1cncc(S)c1C#N. The van der Waals surface area contributed by atoms with Gasteiger partial charge in [-0.1, -0.05) is 0 Å². The molecule has 1 heterocycles. The third kappa shape index (κ3) is 1.51. The van der Waals surface area contributed by atoms with Crippen LogP contribution in [0, 0.1) is 11.3 Å². The molecule has 0 aliphatic heterocycles. The molecule has 0 amide bonds. The van der Waals surface area contributed by atoms with Crippen molar-refractivity contribution in [3.63, 3.8) is 0 Å². The highest BCUT2D eigenvalue weighted by atomic mass is 32.1. The molecule has 0 atom stereocenters. The van der Waals surface area contributed by atoms with Crippen LogP contribution in [-0.4, -0.2) is 19.1 Å². The summed E-state index contributed by atoms with van der Waals surface area (Å²) < 4.78 is 0. The molecular weight excluding hydrogens is 170 g/mol. The molecule has 0 radical (unpaired) electrons. The molecule has 0 aliphatic carbocycles. The minimum atomic E-state index is 0.568. The van der Waals surface area contributed by atoms with E-state index in [9.17, 15) is 0 Å². The van der Waals surface area contributed by atoms with Gasteiger partial charge in [0.05, 0.1) is 17.4 Å². The quantitative estimate of drug-likeness (QED) is 0.661. The van der Waals surface area contributed by atoms with Crippen molar-refractivity contribution in [3.8, 4) is 6.07 Å². The van der Waals surface area contributed by atoms with Crippen molar-refractivity contribution in [1.29, 1.82) is 5.26 Å². The van der Waals surface area contributed by atoms with Gasteiger partial charge in [0.15, 0.2) is 0 Å². The predicted molar refractivity (Wildman–Crippen MR) is 50.5 cm³/mol. The van der Waals surface area contributed by atoms with Crippen molar-refractivity contribution in [2.75, 3.05) is 19.0 Å². The lowest BCUT2D eigenvalue weighted by Gasteiger charge is -2.13. The van der Waals surface area contributed by atoms with Crippen LogP contribution in [-0.2, 0) is 0 Å². The highest BCUT2D eigenvalue weighted by Crippen LogP contribution is 2.21. The second-order valence-corrected chi connectivity index (χ2v) is 3.04. The zero-order chi connectivity index (χ0) is 9.14. The average molecular weight is 179 g/mol. The molecule has 1 aromatic heterocycles. The molecular formula is C8H9N3S. The first-order valence-corrected chi connectivity index (χ1v) is 3.86. The van der Waals surface area contributed by atoms with Crippen LogP contribution < -0.4 is 4.90 Å². The van der Waals surface area contributed by atoms with Gasteiger partial charge in [-0.3, -0.25) is 4.98 Å². The summed E-state index contributed by atoms with van der Waals surface area (Å²) in [5.41, 5.74) is 1.36. The van der Waals surface area contributed by atoms with Crippen molar-refractivity contribution in [2.45, 2.75) is 4.90 Å². The summed E-state index contributed by atoms with van der Waals surface area (Å²) in [7, 11) is 3.73. The third-order valence-corrected chi connectivity index (χ3v) is 1.84. The lowest BCUT2D eigenvalue weighted by atomic mass is 10.2. The molecule has 0 fully saturated rings. The molecule has 0 saturated carbocycles. The lowest BCUT2D eigenvalue weighted by Crippen LogP contribution is -2.11.